The maximum atomic E-state index is 12.8. The first kappa shape index (κ1) is 24.9. The van der Waals surface area contributed by atoms with Crippen LogP contribution in [0.15, 0.2) is 48.8 Å². The van der Waals surface area contributed by atoms with Crippen LogP contribution in [0.2, 0.25) is 0 Å². The Morgan fingerprint density at radius 1 is 1.03 bits per heavy atom. The molecule has 0 radical (unpaired) electrons. The average Bonchev–Trinajstić information content (AvgIpc) is 3.47. The summed E-state index contributed by atoms with van der Waals surface area (Å²) in [6.07, 6.45) is 4.09. The second kappa shape index (κ2) is 11.0. The van der Waals surface area contributed by atoms with Crippen molar-refractivity contribution >= 4 is 28.1 Å². The molecule has 10 nitrogen and oxygen atoms in total. The van der Waals surface area contributed by atoms with Gasteiger partial charge in [-0.15, -0.1) is 0 Å². The molecule has 0 fully saturated rings. The number of amides is 2. The summed E-state index contributed by atoms with van der Waals surface area (Å²) in [6, 6.07) is 10.7. The van der Waals surface area contributed by atoms with Gasteiger partial charge in [0.25, 0.3) is 11.8 Å². The Labute approximate surface area is 211 Å². The number of nitrogens with one attached hydrogen (secondary N) is 1. The van der Waals surface area contributed by atoms with Crippen LogP contribution in [0.3, 0.4) is 0 Å². The number of hydrogen-bond donors (Lipinski definition) is 2. The Morgan fingerprint density at radius 2 is 1.75 bits per heavy atom. The number of rotatable bonds is 11. The van der Waals surface area contributed by atoms with Crippen molar-refractivity contribution in [1.82, 2.24) is 14.7 Å². The first-order valence-electron chi connectivity index (χ1n) is 11.0. The third-order valence-electron chi connectivity index (χ3n) is 5.40. The van der Waals surface area contributed by atoms with Crippen molar-refractivity contribution in [2.75, 3.05) is 34.5 Å². The molecule has 4 aromatic rings. The van der Waals surface area contributed by atoms with Crippen LogP contribution in [0.4, 0.5) is 0 Å². The first-order valence-corrected chi connectivity index (χ1v) is 11.8. The van der Waals surface area contributed by atoms with Gasteiger partial charge in [-0.05, 0) is 36.8 Å². The van der Waals surface area contributed by atoms with E-state index >= 15 is 0 Å². The average molecular weight is 511 g/mol. The molecule has 188 valence electrons. The number of nitrogens with zero attached hydrogens (tertiary/aromatic N) is 2. The maximum absolute atomic E-state index is 12.8. The molecule has 0 atom stereocenters. The smallest absolute Gasteiger partial charge is 0.263 e. The van der Waals surface area contributed by atoms with E-state index in [0.29, 0.717) is 57.1 Å². The van der Waals surface area contributed by atoms with Gasteiger partial charge in [-0.3, -0.25) is 14.0 Å². The van der Waals surface area contributed by atoms with Gasteiger partial charge in [-0.1, -0.05) is 17.4 Å². The number of carbonyl (C=O) groups is 2. The van der Waals surface area contributed by atoms with Crippen LogP contribution in [0, 0.1) is 0 Å². The molecule has 0 bridgehead atoms. The fourth-order valence-electron chi connectivity index (χ4n) is 3.72. The monoisotopic (exact) mass is 510 g/mol. The zero-order valence-electron chi connectivity index (χ0n) is 20.1. The Morgan fingerprint density at radius 3 is 2.39 bits per heavy atom. The van der Waals surface area contributed by atoms with E-state index in [1.165, 1.54) is 11.3 Å². The molecule has 11 heteroatoms. The highest BCUT2D eigenvalue weighted by Gasteiger charge is 2.17. The van der Waals surface area contributed by atoms with Gasteiger partial charge in [0.2, 0.25) is 0 Å². The van der Waals surface area contributed by atoms with E-state index in [1.54, 1.807) is 56.3 Å². The molecule has 0 aliphatic heterocycles. The molecular weight excluding hydrogens is 484 g/mol. The summed E-state index contributed by atoms with van der Waals surface area (Å²) >= 11 is 1.27. The summed E-state index contributed by atoms with van der Waals surface area (Å²) in [7, 11) is 4.77. The van der Waals surface area contributed by atoms with Crippen LogP contribution in [-0.2, 0) is 11.2 Å². The number of nitrogens with two attached hydrogens (primary N) is 1. The van der Waals surface area contributed by atoms with Gasteiger partial charge in [-0.2, -0.15) is 0 Å². The quantitative estimate of drug-likeness (QED) is 0.318. The minimum Gasteiger partial charge on any atom is -0.496 e. The molecular formula is C25H26N4O6S. The Kier molecular flexibility index (Phi) is 7.59. The van der Waals surface area contributed by atoms with E-state index in [2.05, 4.69) is 10.3 Å². The number of thiazole rings is 1. The molecule has 0 saturated heterocycles. The van der Waals surface area contributed by atoms with E-state index in [-0.39, 0.29) is 12.5 Å². The molecule has 2 heterocycles. The third kappa shape index (κ3) is 5.36. The molecule has 3 N–H and O–H groups in total. The lowest BCUT2D eigenvalue weighted by Crippen LogP contribution is -2.25. The van der Waals surface area contributed by atoms with Crippen LogP contribution >= 0.6 is 11.3 Å². The number of carbonyl (C=O) groups excluding carboxylic acids is 2. The van der Waals surface area contributed by atoms with Gasteiger partial charge in [0.05, 0.1) is 27.0 Å². The highest BCUT2D eigenvalue weighted by Crippen LogP contribution is 2.34. The van der Waals surface area contributed by atoms with Crippen LogP contribution in [-0.4, -0.2) is 55.7 Å². The molecule has 36 heavy (non-hydrogen) atoms. The number of benzene rings is 2. The van der Waals surface area contributed by atoms with Gasteiger partial charge in [0.1, 0.15) is 27.9 Å². The molecule has 0 saturated carbocycles. The zero-order valence-corrected chi connectivity index (χ0v) is 20.9. The molecule has 2 aromatic heterocycles. The molecule has 4 rings (SSSR count). The highest BCUT2D eigenvalue weighted by atomic mass is 32.1. The SMILES string of the molecule is COc1ccc(OCC(N)=O)cc1-c1cn2cc(C(=O)NCCc3c(OC)cccc3OC)sc2n1. The van der Waals surface area contributed by atoms with Crippen molar-refractivity contribution in [3.63, 3.8) is 0 Å². The number of imidazole rings is 1. The minimum atomic E-state index is -0.567. The number of fused-ring (bicyclic) bond motifs is 1. The van der Waals surface area contributed by atoms with Gasteiger partial charge < -0.3 is 30.0 Å². The lowest BCUT2D eigenvalue weighted by Gasteiger charge is -2.13. The second-order valence-electron chi connectivity index (χ2n) is 7.68. The Hall–Kier alpha value is -4.25. The van der Waals surface area contributed by atoms with Gasteiger partial charge in [-0.25, -0.2) is 4.98 Å². The summed E-state index contributed by atoms with van der Waals surface area (Å²) in [5.74, 6) is 1.73. The first-order chi connectivity index (χ1) is 17.4. The summed E-state index contributed by atoms with van der Waals surface area (Å²) in [4.78, 5) is 29.6. The normalized spacial score (nSPS) is 10.8. The van der Waals surface area contributed by atoms with E-state index in [4.69, 9.17) is 24.7 Å². The van der Waals surface area contributed by atoms with Crippen molar-refractivity contribution in [2.24, 2.45) is 5.73 Å². The highest BCUT2D eigenvalue weighted by molar-refractivity contribution is 7.18. The predicted octanol–water partition coefficient (Wildman–Crippen LogP) is 2.93. The van der Waals surface area contributed by atoms with Crippen molar-refractivity contribution < 1.29 is 28.5 Å². The molecule has 2 aromatic carbocycles. The van der Waals surface area contributed by atoms with Crippen molar-refractivity contribution in [2.45, 2.75) is 6.42 Å². The van der Waals surface area contributed by atoms with E-state index < -0.39 is 5.91 Å². The molecule has 0 spiro atoms. The summed E-state index contributed by atoms with van der Waals surface area (Å²) in [5, 5.41) is 2.94. The number of aromatic nitrogens is 2. The zero-order chi connectivity index (χ0) is 25.7. The van der Waals surface area contributed by atoms with Crippen LogP contribution in [0.25, 0.3) is 16.2 Å². The third-order valence-corrected chi connectivity index (χ3v) is 6.39. The van der Waals surface area contributed by atoms with Gasteiger partial charge >= 0.3 is 0 Å². The van der Waals surface area contributed by atoms with Crippen LogP contribution in [0.5, 0.6) is 23.0 Å². The number of methoxy groups -OCH3 is 3. The maximum Gasteiger partial charge on any atom is 0.263 e. The van der Waals surface area contributed by atoms with Gasteiger partial charge in [0, 0.05) is 30.1 Å². The van der Waals surface area contributed by atoms with E-state index in [1.807, 2.05) is 18.2 Å². The lowest BCUT2D eigenvalue weighted by molar-refractivity contribution is -0.119. The van der Waals surface area contributed by atoms with E-state index in [9.17, 15) is 9.59 Å². The van der Waals surface area contributed by atoms with Crippen molar-refractivity contribution in [3.05, 3.63) is 59.2 Å². The Bertz CT molecular complexity index is 1340. The number of hydrogen-bond acceptors (Lipinski definition) is 8. The fourth-order valence-corrected chi connectivity index (χ4v) is 4.61. The topological polar surface area (TPSA) is 126 Å². The number of ether oxygens (including phenoxy) is 4. The standard InChI is InChI=1S/C25H26N4O6S/c1-32-19-5-4-6-20(33-2)16(19)9-10-27-24(31)22-13-29-12-18(28-25(29)36-22)17-11-15(35-14-23(26)30)7-8-21(17)34-3/h4-8,11-13H,9-10,14H2,1-3H3,(H2,26,30)(H,27,31). The van der Waals surface area contributed by atoms with E-state index in [0.717, 1.165) is 5.56 Å². The predicted molar refractivity (Wildman–Crippen MR) is 135 cm³/mol. The van der Waals surface area contributed by atoms with Crippen LogP contribution < -0.4 is 30.0 Å². The summed E-state index contributed by atoms with van der Waals surface area (Å²) < 4.78 is 23.5. The molecule has 2 amide bonds. The molecule has 0 aliphatic rings. The van der Waals surface area contributed by atoms with Crippen LogP contribution in [0.1, 0.15) is 15.2 Å². The van der Waals surface area contributed by atoms with Crippen molar-refractivity contribution in [3.8, 4) is 34.3 Å². The lowest BCUT2D eigenvalue weighted by atomic mass is 10.1. The summed E-state index contributed by atoms with van der Waals surface area (Å²) in [5.41, 5.74) is 7.38. The number of primary amides is 1. The van der Waals surface area contributed by atoms with Crippen molar-refractivity contribution in [1.29, 1.82) is 0 Å². The minimum absolute atomic E-state index is 0.194. The summed E-state index contributed by atoms with van der Waals surface area (Å²) in [6.45, 7) is 0.183. The molecule has 0 unspecified atom stereocenters. The fraction of sp³-hybridized carbons (Fsp3) is 0.240. The molecule has 0 aliphatic carbocycles. The largest absolute Gasteiger partial charge is 0.496 e. The second-order valence-corrected chi connectivity index (χ2v) is 8.68. The Balaban J connectivity index is 1.47. The van der Waals surface area contributed by atoms with Gasteiger partial charge in [0.15, 0.2) is 11.6 Å².